The lowest BCUT2D eigenvalue weighted by atomic mass is 10.3. The van der Waals surface area contributed by atoms with Crippen LogP contribution in [0.4, 0.5) is 19.7 Å². The number of hydrogen-bond donors (Lipinski definition) is 1. The largest absolute Gasteiger partial charge is 0.450 e. The van der Waals surface area contributed by atoms with Crippen molar-refractivity contribution in [3.63, 3.8) is 0 Å². The molecule has 0 unspecified atom stereocenters. The van der Waals surface area contributed by atoms with Crippen LogP contribution in [0, 0.1) is 18.6 Å². The van der Waals surface area contributed by atoms with Crippen molar-refractivity contribution in [3.05, 3.63) is 64.7 Å². The third-order valence-corrected chi connectivity index (χ3v) is 6.21. The Labute approximate surface area is 195 Å². The molecule has 1 N–H and O–H groups in total. The number of aryl methyl sites for hydroxylation is 1. The zero-order chi connectivity index (χ0) is 19.5. The van der Waals surface area contributed by atoms with Gasteiger partial charge in [0, 0.05) is 29.2 Å². The number of rotatable bonds is 6. The second kappa shape index (κ2) is 10.9. The molecule has 4 aromatic rings. The predicted octanol–water partition coefficient (Wildman–Crippen LogP) is 7.11. The Kier molecular flexibility index (Phi) is 8.80. The molecule has 3 aromatic heterocycles. The number of halogens is 4. The van der Waals surface area contributed by atoms with Crippen LogP contribution < -0.4 is 10.1 Å². The standard InChI is InChI=1S/C18H12F2N4OS3.2ClH/c1-10-9-27-17(23-10)24-15-7-13(25-16-11(19)3-2-4-12(16)20)14(8-22-15)28-18-21-5-6-26-18;;/h2-9H,1H3,(H,22,23,24);2*1H. The van der Waals surface area contributed by atoms with Gasteiger partial charge in [0.1, 0.15) is 11.6 Å². The van der Waals surface area contributed by atoms with Crippen molar-refractivity contribution in [2.24, 2.45) is 0 Å². The molecule has 0 amide bonds. The van der Waals surface area contributed by atoms with Crippen LogP contribution in [0.15, 0.2) is 56.7 Å². The number of para-hydroxylation sites is 1. The summed E-state index contributed by atoms with van der Waals surface area (Å²) >= 11 is 4.18. The first-order valence-corrected chi connectivity index (χ1v) is 10.5. The molecule has 0 radical (unpaired) electrons. The van der Waals surface area contributed by atoms with E-state index in [-0.39, 0.29) is 30.6 Å². The molecule has 0 fully saturated rings. The molecule has 4 rings (SSSR count). The summed E-state index contributed by atoms with van der Waals surface area (Å²) in [4.78, 5) is 13.5. The molecular formula is C18H14Cl2F2N4OS3. The Morgan fingerprint density at radius 3 is 2.50 bits per heavy atom. The third-order valence-electron chi connectivity index (χ3n) is 3.42. The number of nitrogens with zero attached hydrogens (tertiary/aromatic N) is 3. The summed E-state index contributed by atoms with van der Waals surface area (Å²) in [5, 5.41) is 7.48. The Hall–Kier alpha value is -1.98. The Morgan fingerprint density at radius 1 is 1.10 bits per heavy atom. The summed E-state index contributed by atoms with van der Waals surface area (Å²) < 4.78 is 34.5. The fourth-order valence-corrected chi connectivity index (χ4v) is 4.51. The van der Waals surface area contributed by atoms with Crippen molar-refractivity contribution in [1.29, 1.82) is 0 Å². The monoisotopic (exact) mass is 506 g/mol. The minimum atomic E-state index is -0.785. The van der Waals surface area contributed by atoms with Crippen molar-refractivity contribution in [2.75, 3.05) is 5.32 Å². The number of anilines is 2. The Bertz CT molecular complexity index is 1090. The van der Waals surface area contributed by atoms with Gasteiger partial charge in [-0.2, -0.15) is 0 Å². The van der Waals surface area contributed by atoms with Crippen molar-refractivity contribution < 1.29 is 13.5 Å². The number of aromatic nitrogens is 3. The molecule has 30 heavy (non-hydrogen) atoms. The molecule has 1 aromatic carbocycles. The zero-order valence-electron chi connectivity index (χ0n) is 15.2. The van der Waals surface area contributed by atoms with Crippen LogP contribution in [-0.4, -0.2) is 15.0 Å². The first-order chi connectivity index (χ1) is 13.6. The highest BCUT2D eigenvalue weighted by molar-refractivity contribution is 8.01. The lowest BCUT2D eigenvalue weighted by Crippen LogP contribution is -1.98. The van der Waals surface area contributed by atoms with Gasteiger partial charge in [0.15, 0.2) is 26.9 Å². The highest BCUT2D eigenvalue weighted by Crippen LogP contribution is 2.40. The molecule has 0 saturated carbocycles. The number of hydrogen-bond acceptors (Lipinski definition) is 8. The number of ether oxygens (including phenoxy) is 1. The molecule has 12 heteroatoms. The predicted molar refractivity (Wildman–Crippen MR) is 122 cm³/mol. The van der Waals surface area contributed by atoms with Gasteiger partial charge in [0.25, 0.3) is 0 Å². The quantitative estimate of drug-likeness (QED) is 0.300. The second-order valence-corrected chi connectivity index (χ2v) is 8.53. The summed E-state index contributed by atoms with van der Waals surface area (Å²) in [7, 11) is 0. The van der Waals surface area contributed by atoms with E-state index in [2.05, 4.69) is 20.3 Å². The highest BCUT2D eigenvalue weighted by atomic mass is 35.5. The second-order valence-electron chi connectivity index (χ2n) is 5.49. The summed E-state index contributed by atoms with van der Waals surface area (Å²) in [5.74, 6) is -1.33. The smallest absolute Gasteiger partial charge is 0.198 e. The van der Waals surface area contributed by atoms with Gasteiger partial charge in [-0.25, -0.2) is 23.7 Å². The minimum Gasteiger partial charge on any atom is -0.450 e. The van der Waals surface area contributed by atoms with E-state index in [1.165, 1.54) is 40.5 Å². The van der Waals surface area contributed by atoms with Crippen LogP contribution in [-0.2, 0) is 0 Å². The molecule has 0 spiro atoms. The van der Waals surface area contributed by atoms with Crippen LogP contribution in [0.1, 0.15) is 5.69 Å². The van der Waals surface area contributed by atoms with Crippen LogP contribution >= 0.6 is 59.2 Å². The van der Waals surface area contributed by atoms with Crippen molar-refractivity contribution in [1.82, 2.24) is 15.0 Å². The van der Waals surface area contributed by atoms with Gasteiger partial charge in [-0.1, -0.05) is 17.8 Å². The van der Waals surface area contributed by atoms with Crippen molar-refractivity contribution in [3.8, 4) is 11.5 Å². The van der Waals surface area contributed by atoms with E-state index in [0.29, 0.717) is 15.8 Å². The first-order valence-electron chi connectivity index (χ1n) is 7.97. The van der Waals surface area contributed by atoms with Crippen LogP contribution in [0.5, 0.6) is 11.5 Å². The van der Waals surface area contributed by atoms with Gasteiger partial charge < -0.3 is 10.1 Å². The van der Waals surface area contributed by atoms with Crippen molar-refractivity contribution >= 4 is 70.2 Å². The van der Waals surface area contributed by atoms with Crippen LogP contribution in [0.3, 0.4) is 0 Å². The van der Waals surface area contributed by atoms with Gasteiger partial charge in [-0.05, 0) is 19.1 Å². The Balaban J connectivity index is 0.00000160. The molecule has 0 aliphatic heterocycles. The first kappa shape index (κ1) is 24.3. The average Bonchev–Trinajstić information content (AvgIpc) is 3.32. The third kappa shape index (κ3) is 5.79. The number of nitrogens with one attached hydrogen (secondary N) is 1. The topological polar surface area (TPSA) is 59.9 Å². The van der Waals surface area contributed by atoms with Gasteiger partial charge >= 0.3 is 0 Å². The van der Waals surface area contributed by atoms with E-state index in [0.717, 1.165) is 22.2 Å². The van der Waals surface area contributed by atoms with E-state index in [1.54, 1.807) is 18.5 Å². The molecule has 0 atom stereocenters. The van der Waals surface area contributed by atoms with E-state index in [4.69, 9.17) is 4.74 Å². The highest BCUT2D eigenvalue weighted by Gasteiger charge is 2.16. The molecule has 3 heterocycles. The van der Waals surface area contributed by atoms with E-state index in [1.807, 2.05) is 17.7 Å². The molecule has 0 saturated heterocycles. The van der Waals surface area contributed by atoms with Gasteiger partial charge in [-0.15, -0.1) is 47.5 Å². The van der Waals surface area contributed by atoms with E-state index >= 15 is 0 Å². The van der Waals surface area contributed by atoms with Crippen molar-refractivity contribution in [2.45, 2.75) is 16.2 Å². The Morgan fingerprint density at radius 2 is 1.87 bits per heavy atom. The molecule has 0 bridgehead atoms. The van der Waals surface area contributed by atoms with E-state index in [9.17, 15) is 8.78 Å². The van der Waals surface area contributed by atoms with Gasteiger partial charge in [-0.3, -0.25) is 0 Å². The number of benzene rings is 1. The summed E-state index contributed by atoms with van der Waals surface area (Å²) in [6.07, 6.45) is 3.25. The van der Waals surface area contributed by atoms with Gasteiger partial charge in [0.2, 0.25) is 0 Å². The fourth-order valence-electron chi connectivity index (χ4n) is 2.21. The maximum absolute atomic E-state index is 14.1. The normalized spacial score (nSPS) is 10.1. The molecule has 0 aliphatic carbocycles. The lowest BCUT2D eigenvalue weighted by molar-refractivity contribution is 0.400. The summed E-state index contributed by atoms with van der Waals surface area (Å²) in [6.45, 7) is 1.89. The summed E-state index contributed by atoms with van der Waals surface area (Å²) in [5.41, 5.74) is 0.883. The van der Waals surface area contributed by atoms with E-state index < -0.39 is 17.4 Å². The summed E-state index contributed by atoms with van der Waals surface area (Å²) in [6, 6.07) is 5.15. The molecular weight excluding hydrogens is 493 g/mol. The molecule has 158 valence electrons. The maximum Gasteiger partial charge on any atom is 0.198 e. The average molecular weight is 507 g/mol. The fraction of sp³-hybridized carbons (Fsp3) is 0.0556. The lowest BCUT2D eigenvalue weighted by Gasteiger charge is -2.13. The molecule has 0 aliphatic rings. The minimum absolute atomic E-state index is 0. The SMILES string of the molecule is Cc1csc(Nc2cc(Oc3c(F)cccc3F)c(Sc3nccs3)cn2)n1.Cl.Cl. The molecule has 5 nitrogen and oxygen atoms in total. The number of pyridine rings is 1. The zero-order valence-corrected chi connectivity index (χ0v) is 19.2. The van der Waals surface area contributed by atoms with Crippen LogP contribution in [0.25, 0.3) is 0 Å². The number of thiazole rings is 2. The van der Waals surface area contributed by atoms with Gasteiger partial charge in [0.05, 0.1) is 10.6 Å². The maximum atomic E-state index is 14.1. The van der Waals surface area contributed by atoms with Crippen LogP contribution in [0.2, 0.25) is 0 Å².